The molecule has 3 N–H and O–H groups in total. The van der Waals surface area contributed by atoms with Crippen LogP contribution in [0.5, 0.6) is 0 Å². The number of likely N-dealkylation sites (tertiary alicyclic amines) is 1. The minimum Gasteiger partial charge on any atom is -0.393 e. The highest BCUT2D eigenvalue weighted by Crippen LogP contribution is 2.20. The van der Waals surface area contributed by atoms with Gasteiger partial charge in [0.2, 0.25) is 0 Å². The monoisotopic (exact) mass is 244 g/mol. The maximum Gasteiger partial charge on any atom is 0.0709 e. The molecule has 0 spiro atoms. The van der Waals surface area contributed by atoms with E-state index in [4.69, 9.17) is 10.5 Å². The summed E-state index contributed by atoms with van der Waals surface area (Å²) in [5.74, 6) is 0.489. The molecule has 4 heteroatoms. The highest BCUT2D eigenvalue weighted by molar-refractivity contribution is 4.76. The van der Waals surface area contributed by atoms with Crippen molar-refractivity contribution >= 4 is 0 Å². The molecule has 1 saturated heterocycles. The Bertz CT molecular complexity index is 192. The topological polar surface area (TPSA) is 58.7 Å². The van der Waals surface area contributed by atoms with Gasteiger partial charge in [0.1, 0.15) is 0 Å². The first kappa shape index (κ1) is 14.9. The largest absolute Gasteiger partial charge is 0.393 e. The first-order valence-corrected chi connectivity index (χ1v) is 6.89. The Morgan fingerprint density at radius 1 is 1.41 bits per heavy atom. The van der Waals surface area contributed by atoms with Gasteiger partial charge in [0.05, 0.1) is 12.2 Å². The molecular formula is C13H28N2O2. The minimum absolute atomic E-state index is 0.155. The Balaban J connectivity index is 2.17. The molecule has 0 aromatic carbocycles. The van der Waals surface area contributed by atoms with Gasteiger partial charge in [-0.2, -0.15) is 0 Å². The first-order valence-electron chi connectivity index (χ1n) is 6.89. The average Bonchev–Trinajstić information content (AvgIpc) is 2.35. The van der Waals surface area contributed by atoms with Crippen LogP contribution >= 0.6 is 0 Å². The Labute approximate surface area is 105 Å². The van der Waals surface area contributed by atoms with Gasteiger partial charge in [-0.1, -0.05) is 0 Å². The van der Waals surface area contributed by atoms with Crippen LogP contribution in [0.2, 0.25) is 0 Å². The van der Waals surface area contributed by atoms with Crippen LogP contribution in [-0.4, -0.2) is 55.0 Å². The van der Waals surface area contributed by atoms with Crippen molar-refractivity contribution in [3.05, 3.63) is 0 Å². The van der Waals surface area contributed by atoms with Crippen LogP contribution in [0.1, 0.15) is 33.1 Å². The normalized spacial score (nSPS) is 22.6. The quantitative estimate of drug-likeness (QED) is 0.696. The highest BCUT2D eigenvalue weighted by Gasteiger charge is 2.22. The van der Waals surface area contributed by atoms with Crippen LogP contribution in [0.3, 0.4) is 0 Å². The molecule has 0 bridgehead atoms. The van der Waals surface area contributed by atoms with Crippen LogP contribution < -0.4 is 5.73 Å². The van der Waals surface area contributed by atoms with Gasteiger partial charge in [-0.05, 0) is 52.1 Å². The van der Waals surface area contributed by atoms with Crippen molar-refractivity contribution < 1.29 is 9.84 Å². The van der Waals surface area contributed by atoms with Gasteiger partial charge < -0.3 is 20.5 Å². The maximum absolute atomic E-state index is 9.53. The van der Waals surface area contributed by atoms with E-state index in [-0.39, 0.29) is 12.2 Å². The Hall–Kier alpha value is -0.160. The summed E-state index contributed by atoms with van der Waals surface area (Å²) in [4.78, 5) is 2.46. The van der Waals surface area contributed by atoms with E-state index in [2.05, 4.69) is 4.90 Å². The summed E-state index contributed by atoms with van der Waals surface area (Å²) < 4.78 is 5.55. The molecular weight excluding hydrogens is 216 g/mol. The van der Waals surface area contributed by atoms with Crippen molar-refractivity contribution in [1.29, 1.82) is 0 Å². The van der Waals surface area contributed by atoms with Gasteiger partial charge in [0, 0.05) is 19.7 Å². The minimum atomic E-state index is -0.155. The number of piperidine rings is 1. The van der Waals surface area contributed by atoms with Crippen molar-refractivity contribution in [2.45, 2.75) is 45.3 Å². The predicted octanol–water partition coefficient (Wildman–Crippen LogP) is 0.833. The molecule has 0 aliphatic carbocycles. The Morgan fingerprint density at radius 2 is 2.06 bits per heavy atom. The summed E-state index contributed by atoms with van der Waals surface area (Å²) in [5.41, 5.74) is 5.66. The number of nitrogens with two attached hydrogens (primary N) is 1. The van der Waals surface area contributed by atoms with Crippen LogP contribution in [0.25, 0.3) is 0 Å². The summed E-state index contributed by atoms with van der Waals surface area (Å²) in [6.07, 6.45) is 3.29. The van der Waals surface area contributed by atoms with Crippen molar-refractivity contribution in [2.24, 2.45) is 11.7 Å². The molecule has 2 unspecified atom stereocenters. The van der Waals surface area contributed by atoms with Crippen LogP contribution in [0, 0.1) is 5.92 Å². The van der Waals surface area contributed by atoms with Gasteiger partial charge in [-0.3, -0.25) is 0 Å². The SMILES string of the molecule is CCOC(CN)CCN1CCC(C(C)O)CC1. The van der Waals surface area contributed by atoms with E-state index in [0.717, 1.165) is 45.5 Å². The van der Waals surface area contributed by atoms with E-state index in [1.54, 1.807) is 0 Å². The third kappa shape index (κ3) is 5.34. The average molecular weight is 244 g/mol. The van der Waals surface area contributed by atoms with E-state index >= 15 is 0 Å². The highest BCUT2D eigenvalue weighted by atomic mass is 16.5. The molecule has 1 rings (SSSR count). The number of hydrogen-bond acceptors (Lipinski definition) is 4. The van der Waals surface area contributed by atoms with Crippen LogP contribution in [-0.2, 0) is 4.74 Å². The zero-order chi connectivity index (χ0) is 12.7. The molecule has 1 aliphatic rings. The fourth-order valence-corrected chi connectivity index (χ4v) is 2.49. The van der Waals surface area contributed by atoms with E-state index in [9.17, 15) is 5.11 Å². The third-order valence-electron chi connectivity index (χ3n) is 3.75. The van der Waals surface area contributed by atoms with E-state index in [0.29, 0.717) is 12.5 Å². The second-order valence-electron chi connectivity index (χ2n) is 5.02. The summed E-state index contributed by atoms with van der Waals surface area (Å²) in [7, 11) is 0. The van der Waals surface area contributed by atoms with Crippen molar-refractivity contribution in [3.63, 3.8) is 0 Å². The summed E-state index contributed by atoms with van der Waals surface area (Å²) >= 11 is 0. The van der Waals surface area contributed by atoms with E-state index in [1.165, 1.54) is 0 Å². The molecule has 17 heavy (non-hydrogen) atoms. The number of ether oxygens (including phenoxy) is 1. The third-order valence-corrected chi connectivity index (χ3v) is 3.75. The molecule has 1 fully saturated rings. The number of rotatable bonds is 7. The maximum atomic E-state index is 9.53. The first-order chi connectivity index (χ1) is 8.17. The molecule has 0 aromatic rings. The van der Waals surface area contributed by atoms with E-state index < -0.39 is 0 Å². The second kappa shape index (κ2) is 8.03. The second-order valence-corrected chi connectivity index (χ2v) is 5.02. The lowest BCUT2D eigenvalue weighted by molar-refractivity contribution is 0.0405. The Morgan fingerprint density at radius 3 is 2.53 bits per heavy atom. The van der Waals surface area contributed by atoms with Gasteiger partial charge in [-0.15, -0.1) is 0 Å². The molecule has 1 aliphatic heterocycles. The van der Waals surface area contributed by atoms with Crippen molar-refractivity contribution in [2.75, 3.05) is 32.8 Å². The van der Waals surface area contributed by atoms with Crippen molar-refractivity contribution in [1.82, 2.24) is 4.90 Å². The van der Waals surface area contributed by atoms with Crippen molar-refractivity contribution in [3.8, 4) is 0 Å². The molecule has 102 valence electrons. The molecule has 0 saturated carbocycles. The molecule has 0 radical (unpaired) electrons. The lowest BCUT2D eigenvalue weighted by Crippen LogP contribution is -2.39. The standard InChI is InChI=1S/C13H28N2O2/c1-3-17-13(10-14)6-9-15-7-4-12(5-8-15)11(2)16/h11-13,16H,3-10,14H2,1-2H3. The predicted molar refractivity (Wildman–Crippen MR) is 69.9 cm³/mol. The lowest BCUT2D eigenvalue weighted by atomic mass is 9.92. The van der Waals surface area contributed by atoms with Gasteiger partial charge >= 0.3 is 0 Å². The fourth-order valence-electron chi connectivity index (χ4n) is 2.49. The summed E-state index contributed by atoms with van der Waals surface area (Å²) in [6, 6.07) is 0. The molecule has 2 atom stereocenters. The van der Waals surface area contributed by atoms with Gasteiger partial charge in [-0.25, -0.2) is 0 Å². The van der Waals surface area contributed by atoms with Gasteiger partial charge in [0.15, 0.2) is 0 Å². The summed E-state index contributed by atoms with van der Waals surface area (Å²) in [6.45, 7) is 8.52. The molecule has 4 nitrogen and oxygen atoms in total. The fraction of sp³-hybridized carbons (Fsp3) is 1.00. The molecule has 1 heterocycles. The number of nitrogens with zero attached hydrogens (tertiary/aromatic N) is 1. The lowest BCUT2D eigenvalue weighted by Gasteiger charge is -2.33. The number of aliphatic hydroxyl groups excluding tert-OH is 1. The van der Waals surface area contributed by atoms with E-state index in [1.807, 2.05) is 13.8 Å². The summed E-state index contributed by atoms with van der Waals surface area (Å²) in [5, 5.41) is 9.53. The van der Waals surface area contributed by atoms with Crippen LogP contribution in [0.15, 0.2) is 0 Å². The molecule has 0 amide bonds. The smallest absolute Gasteiger partial charge is 0.0709 e. The zero-order valence-corrected chi connectivity index (χ0v) is 11.3. The number of aliphatic hydroxyl groups is 1. The van der Waals surface area contributed by atoms with Crippen LogP contribution in [0.4, 0.5) is 0 Å². The zero-order valence-electron chi connectivity index (χ0n) is 11.3. The number of hydrogen-bond donors (Lipinski definition) is 2. The Kier molecular flexibility index (Phi) is 7.04. The molecule has 0 aromatic heterocycles. The van der Waals surface area contributed by atoms with Gasteiger partial charge in [0.25, 0.3) is 0 Å².